The highest BCUT2D eigenvalue weighted by Gasteiger charge is 2.44. The molecule has 15 heavy (non-hydrogen) atoms. The van der Waals surface area contributed by atoms with Crippen molar-refractivity contribution in [2.75, 3.05) is 6.61 Å². The monoisotopic (exact) mass is 280 g/mol. The largest absolute Gasteiger partial charge is 0.416 e. The second kappa shape index (κ2) is 3.22. The van der Waals surface area contributed by atoms with Crippen molar-refractivity contribution < 1.29 is 17.9 Å². The van der Waals surface area contributed by atoms with Gasteiger partial charge in [0.25, 0.3) is 0 Å². The molecular formula is C10H8BrF3O. The van der Waals surface area contributed by atoms with E-state index in [0.29, 0.717) is 16.6 Å². The van der Waals surface area contributed by atoms with Crippen molar-refractivity contribution in [1.29, 1.82) is 0 Å². The first-order valence-corrected chi connectivity index (χ1v) is 5.13. The fraction of sp³-hybridized carbons (Fsp3) is 0.400. The fourth-order valence-electron chi connectivity index (χ4n) is 1.37. The molecule has 0 aromatic heterocycles. The quantitative estimate of drug-likeness (QED) is 0.715. The van der Waals surface area contributed by atoms with Crippen molar-refractivity contribution in [1.82, 2.24) is 0 Å². The Morgan fingerprint density at radius 1 is 1.40 bits per heavy atom. The number of epoxide rings is 1. The molecule has 2 rings (SSSR count). The smallest absolute Gasteiger partial charge is 0.365 e. The number of alkyl halides is 3. The minimum absolute atomic E-state index is 0.465. The van der Waals surface area contributed by atoms with Gasteiger partial charge in [0.05, 0.1) is 12.2 Å². The first-order chi connectivity index (χ1) is 6.83. The van der Waals surface area contributed by atoms with E-state index in [9.17, 15) is 13.2 Å². The van der Waals surface area contributed by atoms with Gasteiger partial charge < -0.3 is 4.74 Å². The van der Waals surface area contributed by atoms with Crippen LogP contribution in [0.5, 0.6) is 0 Å². The number of benzene rings is 1. The summed E-state index contributed by atoms with van der Waals surface area (Å²) < 4.78 is 43.1. The van der Waals surface area contributed by atoms with Gasteiger partial charge in [-0.05, 0) is 25.1 Å². The molecule has 0 bridgehead atoms. The third-order valence-corrected chi connectivity index (χ3v) is 3.13. The van der Waals surface area contributed by atoms with E-state index in [1.165, 1.54) is 6.07 Å². The van der Waals surface area contributed by atoms with Crippen LogP contribution in [0.3, 0.4) is 0 Å². The zero-order valence-electron chi connectivity index (χ0n) is 7.86. The fourth-order valence-corrected chi connectivity index (χ4v) is 2.04. The van der Waals surface area contributed by atoms with Crippen molar-refractivity contribution >= 4 is 15.9 Å². The van der Waals surface area contributed by atoms with Gasteiger partial charge in [0.1, 0.15) is 5.60 Å². The maximum atomic E-state index is 12.5. The van der Waals surface area contributed by atoms with E-state index in [4.69, 9.17) is 4.74 Å². The molecule has 1 nitrogen and oxygen atoms in total. The highest BCUT2D eigenvalue weighted by atomic mass is 79.9. The molecule has 1 aliphatic heterocycles. The van der Waals surface area contributed by atoms with Crippen LogP contribution in [-0.2, 0) is 16.5 Å². The summed E-state index contributed by atoms with van der Waals surface area (Å²) >= 11 is 3.23. The number of ether oxygens (including phenoxy) is 1. The van der Waals surface area contributed by atoms with Crippen LogP contribution < -0.4 is 0 Å². The summed E-state index contributed by atoms with van der Waals surface area (Å²) in [4.78, 5) is 0. The Morgan fingerprint density at radius 3 is 2.47 bits per heavy atom. The maximum Gasteiger partial charge on any atom is 0.416 e. The van der Waals surface area contributed by atoms with E-state index in [1.54, 1.807) is 6.92 Å². The van der Waals surface area contributed by atoms with Gasteiger partial charge >= 0.3 is 6.18 Å². The Hall–Kier alpha value is -0.550. The number of halogens is 4. The Labute approximate surface area is 93.4 Å². The number of hydrogen-bond acceptors (Lipinski definition) is 1. The van der Waals surface area contributed by atoms with Crippen molar-refractivity contribution in [3.63, 3.8) is 0 Å². The van der Waals surface area contributed by atoms with E-state index in [-0.39, 0.29) is 0 Å². The lowest BCUT2D eigenvalue weighted by Gasteiger charge is -2.12. The topological polar surface area (TPSA) is 12.5 Å². The van der Waals surface area contributed by atoms with E-state index >= 15 is 0 Å². The first-order valence-electron chi connectivity index (χ1n) is 4.34. The Bertz CT molecular complexity index is 396. The first kappa shape index (κ1) is 11.0. The molecule has 1 heterocycles. The predicted molar refractivity (Wildman–Crippen MR) is 52.4 cm³/mol. The van der Waals surface area contributed by atoms with Crippen molar-refractivity contribution in [3.05, 3.63) is 33.8 Å². The summed E-state index contributed by atoms with van der Waals surface area (Å²) in [6.07, 6.45) is -4.30. The average molecular weight is 281 g/mol. The van der Waals surface area contributed by atoms with Crippen molar-refractivity contribution in [2.45, 2.75) is 18.7 Å². The van der Waals surface area contributed by atoms with Gasteiger partial charge in [0.2, 0.25) is 0 Å². The zero-order chi connectivity index (χ0) is 11.3. The maximum absolute atomic E-state index is 12.5. The van der Waals surface area contributed by atoms with Crippen LogP contribution in [0.2, 0.25) is 0 Å². The third kappa shape index (κ3) is 2.03. The summed E-state index contributed by atoms with van der Waals surface area (Å²) in [5.41, 5.74) is -0.644. The lowest BCUT2D eigenvalue weighted by atomic mass is 10.00. The molecule has 1 atom stereocenters. The lowest BCUT2D eigenvalue weighted by Crippen LogP contribution is -2.09. The normalized spacial score (nSPS) is 25.4. The summed E-state index contributed by atoms with van der Waals surface area (Å²) in [6, 6.07) is 3.60. The molecule has 0 saturated carbocycles. The van der Waals surface area contributed by atoms with Crippen LogP contribution >= 0.6 is 15.9 Å². The molecule has 0 N–H and O–H groups in total. The van der Waals surface area contributed by atoms with Gasteiger partial charge in [0.15, 0.2) is 0 Å². The molecule has 0 spiro atoms. The van der Waals surface area contributed by atoms with E-state index in [0.717, 1.165) is 12.1 Å². The zero-order valence-corrected chi connectivity index (χ0v) is 9.45. The number of rotatable bonds is 1. The van der Waals surface area contributed by atoms with Gasteiger partial charge in [-0.15, -0.1) is 0 Å². The molecule has 1 unspecified atom stereocenters. The summed E-state index contributed by atoms with van der Waals surface area (Å²) in [7, 11) is 0. The molecule has 0 radical (unpaired) electrons. The van der Waals surface area contributed by atoms with Crippen LogP contribution in [0.4, 0.5) is 13.2 Å². The van der Waals surface area contributed by atoms with Crippen molar-refractivity contribution in [2.24, 2.45) is 0 Å². The van der Waals surface area contributed by atoms with Crippen molar-refractivity contribution in [3.8, 4) is 0 Å². The van der Waals surface area contributed by atoms with Crippen LogP contribution in [-0.4, -0.2) is 6.61 Å². The molecule has 0 amide bonds. The van der Waals surface area contributed by atoms with E-state index < -0.39 is 17.3 Å². The van der Waals surface area contributed by atoms with Crippen LogP contribution in [0.15, 0.2) is 22.7 Å². The van der Waals surface area contributed by atoms with Gasteiger partial charge in [-0.3, -0.25) is 0 Å². The number of hydrogen-bond donors (Lipinski definition) is 0. The molecule has 1 fully saturated rings. The average Bonchev–Trinajstić information content (AvgIpc) is 2.83. The molecule has 0 aliphatic carbocycles. The highest BCUT2D eigenvalue weighted by Crippen LogP contribution is 2.43. The third-order valence-electron chi connectivity index (χ3n) is 2.44. The van der Waals surface area contributed by atoms with E-state index in [2.05, 4.69) is 15.9 Å². The highest BCUT2D eigenvalue weighted by molar-refractivity contribution is 9.10. The Morgan fingerprint density at radius 2 is 2.00 bits per heavy atom. The van der Waals surface area contributed by atoms with Crippen LogP contribution in [0, 0.1) is 0 Å². The SMILES string of the molecule is CC1(c2cc(C(F)(F)F)ccc2Br)CO1. The summed E-state index contributed by atoms with van der Waals surface area (Å²) in [6.45, 7) is 2.24. The molecule has 1 aliphatic rings. The standard InChI is InChI=1S/C10H8BrF3O/c1-9(5-15-9)7-4-6(10(12,13)14)2-3-8(7)11/h2-4H,5H2,1H3. The molecule has 1 saturated heterocycles. The molecule has 1 aromatic rings. The van der Waals surface area contributed by atoms with Gasteiger partial charge in [-0.2, -0.15) is 13.2 Å². The lowest BCUT2D eigenvalue weighted by molar-refractivity contribution is -0.137. The molecule has 1 aromatic carbocycles. The minimum atomic E-state index is -4.30. The Kier molecular flexibility index (Phi) is 2.35. The summed E-state index contributed by atoms with van der Waals surface area (Å²) in [5, 5.41) is 0. The van der Waals surface area contributed by atoms with Gasteiger partial charge in [-0.25, -0.2) is 0 Å². The van der Waals surface area contributed by atoms with E-state index in [1.807, 2.05) is 0 Å². The minimum Gasteiger partial charge on any atom is -0.365 e. The second-order valence-electron chi connectivity index (χ2n) is 3.71. The predicted octanol–water partition coefficient (Wildman–Crippen LogP) is 3.71. The van der Waals surface area contributed by atoms with Crippen LogP contribution in [0.25, 0.3) is 0 Å². The summed E-state index contributed by atoms with van der Waals surface area (Å²) in [5.74, 6) is 0. The molecule has 82 valence electrons. The van der Waals surface area contributed by atoms with Gasteiger partial charge in [0, 0.05) is 10.0 Å². The second-order valence-corrected chi connectivity index (χ2v) is 4.57. The van der Waals surface area contributed by atoms with Crippen LogP contribution in [0.1, 0.15) is 18.1 Å². The molecule has 5 heteroatoms. The Balaban J connectivity index is 2.47. The van der Waals surface area contributed by atoms with Gasteiger partial charge in [-0.1, -0.05) is 15.9 Å². The molecular weight excluding hydrogens is 273 g/mol.